The van der Waals surface area contributed by atoms with Crippen LogP contribution in [0.5, 0.6) is 0 Å². The highest BCUT2D eigenvalue weighted by Crippen LogP contribution is 2.20. The summed E-state index contributed by atoms with van der Waals surface area (Å²) in [7, 11) is 0. The van der Waals surface area contributed by atoms with Gasteiger partial charge >= 0.3 is 0 Å². The molecule has 0 saturated heterocycles. The van der Waals surface area contributed by atoms with Crippen LogP contribution in [0.15, 0.2) is 0 Å². The summed E-state index contributed by atoms with van der Waals surface area (Å²) in [4.78, 5) is 0. The predicted octanol–water partition coefficient (Wildman–Crippen LogP) is 1.89. The van der Waals surface area contributed by atoms with Gasteiger partial charge in [-0.15, -0.1) is 0 Å². The minimum Gasteiger partial charge on any atom is -0.360 e. The summed E-state index contributed by atoms with van der Waals surface area (Å²) >= 11 is 0. The number of rotatable bonds is 5. The molecule has 0 aliphatic heterocycles. The lowest BCUT2D eigenvalue weighted by atomic mass is 9.97. The van der Waals surface area contributed by atoms with Crippen molar-refractivity contribution in [2.75, 3.05) is 6.73 Å². The molecule has 0 fully saturated rings. The SMILES string of the molecule is CCCC(C)(CC)OCN. The van der Waals surface area contributed by atoms with Gasteiger partial charge in [0, 0.05) is 0 Å². The topological polar surface area (TPSA) is 35.2 Å². The van der Waals surface area contributed by atoms with Crippen LogP contribution in [-0.4, -0.2) is 12.3 Å². The Kier molecular flexibility index (Phi) is 4.65. The summed E-state index contributed by atoms with van der Waals surface area (Å²) in [5.74, 6) is 0. The summed E-state index contributed by atoms with van der Waals surface area (Å²) in [5, 5.41) is 0. The van der Waals surface area contributed by atoms with Crippen LogP contribution >= 0.6 is 0 Å². The van der Waals surface area contributed by atoms with E-state index in [1.165, 1.54) is 0 Å². The molecule has 2 heteroatoms. The predicted molar refractivity (Wildman–Crippen MR) is 43.7 cm³/mol. The first kappa shape index (κ1) is 9.92. The van der Waals surface area contributed by atoms with Gasteiger partial charge in [0.15, 0.2) is 0 Å². The zero-order valence-electron chi connectivity index (χ0n) is 7.31. The van der Waals surface area contributed by atoms with Crippen LogP contribution in [0.3, 0.4) is 0 Å². The van der Waals surface area contributed by atoms with Crippen molar-refractivity contribution in [3.05, 3.63) is 0 Å². The van der Waals surface area contributed by atoms with Crippen LogP contribution < -0.4 is 5.73 Å². The number of hydrogen-bond donors (Lipinski definition) is 1. The molecule has 10 heavy (non-hydrogen) atoms. The quantitative estimate of drug-likeness (QED) is 0.599. The molecular formula is C8H19NO. The monoisotopic (exact) mass is 145 g/mol. The van der Waals surface area contributed by atoms with Crippen molar-refractivity contribution in [3.63, 3.8) is 0 Å². The largest absolute Gasteiger partial charge is 0.360 e. The standard InChI is InChI=1S/C8H19NO/c1-4-6-8(3,5-2)10-7-9/h4-7,9H2,1-3H3. The Bertz CT molecular complexity index is 77.3. The second-order valence-electron chi connectivity index (χ2n) is 2.86. The zero-order chi connectivity index (χ0) is 8.04. The van der Waals surface area contributed by atoms with Gasteiger partial charge in [-0.2, -0.15) is 0 Å². The summed E-state index contributed by atoms with van der Waals surface area (Å²) in [5.41, 5.74) is 5.32. The summed E-state index contributed by atoms with van der Waals surface area (Å²) in [6.45, 7) is 6.74. The molecule has 2 N–H and O–H groups in total. The fourth-order valence-corrected chi connectivity index (χ4v) is 1.08. The molecule has 1 unspecified atom stereocenters. The molecule has 0 amide bonds. The average molecular weight is 145 g/mol. The molecular weight excluding hydrogens is 126 g/mol. The highest BCUT2D eigenvalue weighted by Gasteiger charge is 2.20. The van der Waals surface area contributed by atoms with E-state index in [0.717, 1.165) is 19.3 Å². The summed E-state index contributed by atoms with van der Waals surface area (Å²) in [6, 6.07) is 0. The van der Waals surface area contributed by atoms with Crippen LogP contribution in [0.1, 0.15) is 40.0 Å². The molecule has 0 aliphatic rings. The van der Waals surface area contributed by atoms with Gasteiger partial charge in [0.2, 0.25) is 0 Å². The normalized spacial score (nSPS) is 16.8. The smallest absolute Gasteiger partial charge is 0.0947 e. The van der Waals surface area contributed by atoms with Crippen molar-refractivity contribution in [3.8, 4) is 0 Å². The van der Waals surface area contributed by atoms with E-state index in [0.29, 0.717) is 6.73 Å². The molecule has 62 valence electrons. The molecule has 0 bridgehead atoms. The highest BCUT2D eigenvalue weighted by atomic mass is 16.5. The van der Waals surface area contributed by atoms with Crippen LogP contribution in [0.2, 0.25) is 0 Å². The third kappa shape index (κ3) is 3.18. The Morgan fingerprint density at radius 1 is 1.40 bits per heavy atom. The molecule has 0 saturated carbocycles. The molecule has 0 aromatic carbocycles. The second-order valence-corrected chi connectivity index (χ2v) is 2.86. The Balaban J connectivity index is 3.69. The maximum Gasteiger partial charge on any atom is 0.0947 e. The molecule has 0 rings (SSSR count). The van der Waals surface area contributed by atoms with Crippen molar-refractivity contribution in [1.29, 1.82) is 0 Å². The van der Waals surface area contributed by atoms with Crippen LogP contribution in [0.25, 0.3) is 0 Å². The number of hydrogen-bond acceptors (Lipinski definition) is 2. The zero-order valence-corrected chi connectivity index (χ0v) is 7.31. The van der Waals surface area contributed by atoms with Crippen molar-refractivity contribution in [2.45, 2.75) is 45.6 Å². The first-order chi connectivity index (χ1) is 4.68. The first-order valence-electron chi connectivity index (χ1n) is 4.02. The van der Waals surface area contributed by atoms with E-state index in [9.17, 15) is 0 Å². The minimum atomic E-state index is 0.0174. The number of ether oxygens (including phenoxy) is 1. The number of nitrogens with two attached hydrogens (primary N) is 1. The Morgan fingerprint density at radius 2 is 2.00 bits per heavy atom. The van der Waals surface area contributed by atoms with E-state index in [4.69, 9.17) is 10.5 Å². The second kappa shape index (κ2) is 4.69. The molecule has 0 spiro atoms. The maximum atomic E-state index is 5.40. The fraction of sp³-hybridized carbons (Fsp3) is 1.00. The molecule has 0 aromatic rings. The lowest BCUT2D eigenvalue weighted by Gasteiger charge is -2.27. The highest BCUT2D eigenvalue weighted by molar-refractivity contribution is 4.71. The molecule has 0 aliphatic carbocycles. The van der Waals surface area contributed by atoms with E-state index in [1.54, 1.807) is 0 Å². The van der Waals surface area contributed by atoms with Gasteiger partial charge < -0.3 is 10.5 Å². The Morgan fingerprint density at radius 3 is 2.30 bits per heavy atom. The minimum absolute atomic E-state index is 0.0174. The van der Waals surface area contributed by atoms with E-state index >= 15 is 0 Å². The van der Waals surface area contributed by atoms with E-state index < -0.39 is 0 Å². The fourth-order valence-electron chi connectivity index (χ4n) is 1.08. The van der Waals surface area contributed by atoms with Gasteiger partial charge in [-0.25, -0.2) is 0 Å². The van der Waals surface area contributed by atoms with Gasteiger partial charge in [0.05, 0.1) is 12.3 Å². The van der Waals surface area contributed by atoms with Gasteiger partial charge in [0.1, 0.15) is 0 Å². The summed E-state index contributed by atoms with van der Waals surface area (Å²) in [6.07, 6.45) is 3.29. The third-order valence-corrected chi connectivity index (χ3v) is 1.96. The van der Waals surface area contributed by atoms with Crippen molar-refractivity contribution < 1.29 is 4.74 Å². The maximum absolute atomic E-state index is 5.40. The van der Waals surface area contributed by atoms with E-state index in [1.807, 2.05) is 0 Å². The van der Waals surface area contributed by atoms with Crippen molar-refractivity contribution in [2.24, 2.45) is 5.73 Å². The molecule has 0 radical (unpaired) electrons. The van der Waals surface area contributed by atoms with Crippen molar-refractivity contribution in [1.82, 2.24) is 0 Å². The van der Waals surface area contributed by atoms with Gasteiger partial charge in [-0.3, -0.25) is 0 Å². The van der Waals surface area contributed by atoms with E-state index in [-0.39, 0.29) is 5.60 Å². The van der Waals surface area contributed by atoms with E-state index in [2.05, 4.69) is 20.8 Å². The Labute approximate surface area is 63.7 Å². The first-order valence-corrected chi connectivity index (χ1v) is 4.02. The molecule has 0 heterocycles. The average Bonchev–Trinajstić information content (AvgIpc) is 1.89. The van der Waals surface area contributed by atoms with Gasteiger partial charge in [-0.1, -0.05) is 20.3 Å². The summed E-state index contributed by atoms with van der Waals surface area (Å²) < 4.78 is 5.40. The third-order valence-electron chi connectivity index (χ3n) is 1.96. The molecule has 1 atom stereocenters. The molecule has 0 aromatic heterocycles. The molecule has 2 nitrogen and oxygen atoms in total. The Hall–Kier alpha value is -0.0800. The van der Waals surface area contributed by atoms with Crippen LogP contribution in [-0.2, 0) is 4.74 Å². The van der Waals surface area contributed by atoms with Gasteiger partial charge in [-0.05, 0) is 19.8 Å². The van der Waals surface area contributed by atoms with Crippen LogP contribution in [0, 0.1) is 0 Å². The lowest BCUT2D eigenvalue weighted by molar-refractivity contribution is -0.0376. The lowest BCUT2D eigenvalue weighted by Crippen LogP contribution is -2.30. The van der Waals surface area contributed by atoms with Gasteiger partial charge in [0.25, 0.3) is 0 Å². The van der Waals surface area contributed by atoms with Crippen molar-refractivity contribution >= 4 is 0 Å². The van der Waals surface area contributed by atoms with Crippen LogP contribution in [0.4, 0.5) is 0 Å².